The first-order valence-electron chi connectivity index (χ1n) is 8.00. The number of rotatable bonds is 1. The Balaban J connectivity index is 2.15. The van der Waals surface area contributed by atoms with E-state index in [1.165, 1.54) is 47.6 Å². The van der Waals surface area contributed by atoms with Crippen molar-refractivity contribution in [1.29, 1.82) is 0 Å². The third-order valence-electron chi connectivity index (χ3n) is 4.83. The van der Waals surface area contributed by atoms with Crippen LogP contribution < -0.4 is 0 Å². The zero-order valence-electron chi connectivity index (χ0n) is 13.3. The maximum absolute atomic E-state index is 2.44. The molecule has 0 atom stereocenters. The Kier molecular flexibility index (Phi) is 3.36. The molecule has 0 heteroatoms. The average Bonchev–Trinajstić information content (AvgIpc) is 2.90. The van der Waals surface area contributed by atoms with Crippen LogP contribution in [0.5, 0.6) is 0 Å². The normalized spacial score (nSPS) is 17.0. The van der Waals surface area contributed by atoms with Gasteiger partial charge in [-0.15, -0.1) is 0 Å². The van der Waals surface area contributed by atoms with Gasteiger partial charge in [-0.05, 0) is 58.6 Å². The Bertz CT molecular complexity index is 622. The molecule has 1 saturated carbocycles. The van der Waals surface area contributed by atoms with Crippen LogP contribution in [0.15, 0.2) is 30.3 Å². The van der Waals surface area contributed by atoms with Crippen molar-refractivity contribution in [2.75, 3.05) is 0 Å². The zero-order valence-corrected chi connectivity index (χ0v) is 13.3. The second-order valence-electron chi connectivity index (χ2n) is 7.47. The summed E-state index contributed by atoms with van der Waals surface area (Å²) in [5.74, 6) is 0.804. The third kappa shape index (κ3) is 2.37. The Morgan fingerprint density at radius 2 is 1.65 bits per heavy atom. The van der Waals surface area contributed by atoms with Gasteiger partial charge >= 0.3 is 0 Å². The highest BCUT2D eigenvalue weighted by Crippen LogP contribution is 2.38. The van der Waals surface area contributed by atoms with Crippen molar-refractivity contribution in [1.82, 2.24) is 0 Å². The molecular weight excluding hydrogens is 240 g/mol. The van der Waals surface area contributed by atoms with Crippen molar-refractivity contribution in [3.8, 4) is 0 Å². The molecule has 1 fully saturated rings. The van der Waals surface area contributed by atoms with Crippen LogP contribution in [-0.4, -0.2) is 0 Å². The lowest BCUT2D eigenvalue weighted by Gasteiger charge is -2.24. The topological polar surface area (TPSA) is 0 Å². The zero-order chi connectivity index (χ0) is 14.3. The summed E-state index contributed by atoms with van der Waals surface area (Å²) in [6, 6.07) is 11.8. The third-order valence-corrected chi connectivity index (χ3v) is 4.83. The second kappa shape index (κ2) is 4.91. The minimum Gasteiger partial charge on any atom is -0.0584 e. The molecule has 2 aromatic carbocycles. The molecule has 0 N–H and O–H groups in total. The van der Waals surface area contributed by atoms with Gasteiger partial charge in [-0.2, -0.15) is 0 Å². The van der Waals surface area contributed by atoms with Crippen LogP contribution in [-0.2, 0) is 5.41 Å². The van der Waals surface area contributed by atoms with Gasteiger partial charge in [-0.3, -0.25) is 0 Å². The minimum absolute atomic E-state index is 0.207. The molecule has 20 heavy (non-hydrogen) atoms. The van der Waals surface area contributed by atoms with E-state index in [0.717, 1.165) is 5.92 Å². The number of hydrogen-bond acceptors (Lipinski definition) is 0. The van der Waals surface area contributed by atoms with Crippen molar-refractivity contribution in [3.05, 3.63) is 47.0 Å². The largest absolute Gasteiger partial charge is 0.0584 e. The van der Waals surface area contributed by atoms with Gasteiger partial charge in [0, 0.05) is 0 Å². The van der Waals surface area contributed by atoms with E-state index in [0.29, 0.717) is 0 Å². The van der Waals surface area contributed by atoms with Gasteiger partial charge in [0.15, 0.2) is 0 Å². The van der Waals surface area contributed by atoms with Gasteiger partial charge in [-0.1, -0.05) is 63.9 Å². The van der Waals surface area contributed by atoms with Crippen LogP contribution in [0.1, 0.15) is 69.1 Å². The maximum atomic E-state index is 2.44. The molecule has 0 bridgehead atoms. The van der Waals surface area contributed by atoms with Gasteiger partial charge in [-0.25, -0.2) is 0 Å². The Morgan fingerprint density at radius 3 is 2.30 bits per heavy atom. The molecule has 0 radical (unpaired) electrons. The highest BCUT2D eigenvalue weighted by Gasteiger charge is 2.21. The van der Waals surface area contributed by atoms with E-state index in [1.54, 1.807) is 5.56 Å². The van der Waals surface area contributed by atoms with Gasteiger partial charge < -0.3 is 0 Å². The van der Waals surface area contributed by atoms with Gasteiger partial charge in [0.25, 0.3) is 0 Å². The quantitative estimate of drug-likeness (QED) is 0.584. The van der Waals surface area contributed by atoms with Gasteiger partial charge in [0.1, 0.15) is 0 Å². The number of aryl methyl sites for hydroxylation is 1. The lowest BCUT2D eigenvalue weighted by molar-refractivity contribution is 0.592. The standard InChI is InChI=1S/C20H26/c1-14-9-10-17-13-16(15-7-5-6-8-15)11-12-18(17)19(14)20(2,3)4/h9-13,15H,5-8H2,1-4H3. The molecule has 2 aromatic rings. The monoisotopic (exact) mass is 266 g/mol. The van der Waals surface area contributed by atoms with Crippen LogP contribution >= 0.6 is 0 Å². The fourth-order valence-electron chi connectivity index (χ4n) is 3.97. The van der Waals surface area contributed by atoms with E-state index < -0.39 is 0 Å². The van der Waals surface area contributed by atoms with E-state index >= 15 is 0 Å². The second-order valence-corrected chi connectivity index (χ2v) is 7.47. The molecule has 0 unspecified atom stereocenters. The van der Waals surface area contributed by atoms with Crippen LogP contribution in [0.2, 0.25) is 0 Å². The predicted molar refractivity (Wildman–Crippen MR) is 88.6 cm³/mol. The van der Waals surface area contributed by atoms with E-state index in [2.05, 4.69) is 58.0 Å². The fourth-order valence-corrected chi connectivity index (χ4v) is 3.97. The first-order valence-corrected chi connectivity index (χ1v) is 8.00. The van der Waals surface area contributed by atoms with Crippen LogP contribution in [0.4, 0.5) is 0 Å². The van der Waals surface area contributed by atoms with Gasteiger partial charge in [0.05, 0.1) is 0 Å². The van der Waals surface area contributed by atoms with Gasteiger partial charge in [0.2, 0.25) is 0 Å². The summed E-state index contributed by atoms with van der Waals surface area (Å²) in [5.41, 5.74) is 4.68. The van der Waals surface area contributed by atoms with Crippen LogP contribution in [0.25, 0.3) is 10.8 Å². The van der Waals surface area contributed by atoms with E-state index in [-0.39, 0.29) is 5.41 Å². The molecule has 0 aliphatic heterocycles. The molecule has 106 valence electrons. The van der Waals surface area contributed by atoms with E-state index in [1.807, 2.05) is 0 Å². The first kappa shape index (κ1) is 13.7. The highest BCUT2D eigenvalue weighted by molar-refractivity contribution is 5.88. The van der Waals surface area contributed by atoms with Crippen molar-refractivity contribution in [2.45, 2.75) is 64.7 Å². The molecule has 0 amide bonds. The summed E-state index contributed by atoms with van der Waals surface area (Å²) >= 11 is 0. The van der Waals surface area contributed by atoms with E-state index in [9.17, 15) is 0 Å². The van der Waals surface area contributed by atoms with E-state index in [4.69, 9.17) is 0 Å². The fraction of sp³-hybridized carbons (Fsp3) is 0.500. The Hall–Kier alpha value is -1.30. The smallest absolute Gasteiger partial charge is 0.0123 e. The van der Waals surface area contributed by atoms with Crippen molar-refractivity contribution in [2.24, 2.45) is 0 Å². The summed E-state index contributed by atoms with van der Waals surface area (Å²) in [5, 5.41) is 2.86. The molecule has 1 aliphatic rings. The highest BCUT2D eigenvalue weighted by atomic mass is 14.3. The molecule has 0 spiro atoms. The van der Waals surface area contributed by atoms with Crippen LogP contribution in [0, 0.1) is 6.92 Å². The molecule has 1 aliphatic carbocycles. The number of fused-ring (bicyclic) bond motifs is 1. The summed E-state index contributed by atoms with van der Waals surface area (Å²) in [6.45, 7) is 9.20. The Morgan fingerprint density at radius 1 is 0.950 bits per heavy atom. The minimum atomic E-state index is 0.207. The SMILES string of the molecule is Cc1ccc2cc(C3CCCC3)ccc2c1C(C)(C)C. The lowest BCUT2D eigenvalue weighted by Crippen LogP contribution is -2.13. The average molecular weight is 266 g/mol. The molecule has 0 saturated heterocycles. The Labute approximate surface area is 123 Å². The van der Waals surface area contributed by atoms with Crippen molar-refractivity contribution < 1.29 is 0 Å². The molecular formula is C20H26. The number of benzene rings is 2. The number of hydrogen-bond donors (Lipinski definition) is 0. The van der Waals surface area contributed by atoms with Crippen LogP contribution in [0.3, 0.4) is 0 Å². The molecule has 0 nitrogen and oxygen atoms in total. The molecule has 3 rings (SSSR count). The summed E-state index contributed by atoms with van der Waals surface area (Å²) in [7, 11) is 0. The summed E-state index contributed by atoms with van der Waals surface area (Å²) < 4.78 is 0. The molecule has 0 heterocycles. The molecule has 0 aromatic heterocycles. The lowest BCUT2D eigenvalue weighted by atomic mass is 9.80. The van der Waals surface area contributed by atoms with Crippen molar-refractivity contribution >= 4 is 10.8 Å². The van der Waals surface area contributed by atoms with Crippen molar-refractivity contribution in [3.63, 3.8) is 0 Å². The maximum Gasteiger partial charge on any atom is -0.0123 e. The summed E-state index contributed by atoms with van der Waals surface area (Å²) in [6.07, 6.45) is 5.57. The predicted octanol–water partition coefficient (Wildman–Crippen LogP) is 6.10. The first-order chi connectivity index (χ1) is 9.47. The summed E-state index contributed by atoms with van der Waals surface area (Å²) in [4.78, 5) is 0.